The van der Waals surface area contributed by atoms with Crippen LogP contribution in [-0.2, 0) is 9.84 Å². The number of anilines is 1. The summed E-state index contributed by atoms with van der Waals surface area (Å²) >= 11 is 5.69. The number of nitrogen functional groups attached to an aromatic ring is 1. The molecular formula is C11H16ClN3O3S. The molecule has 1 rings (SSSR count). The van der Waals surface area contributed by atoms with E-state index in [0.717, 1.165) is 6.26 Å². The van der Waals surface area contributed by atoms with Gasteiger partial charge in [-0.3, -0.25) is 4.79 Å². The molecule has 0 unspecified atom stereocenters. The molecule has 19 heavy (non-hydrogen) atoms. The fraction of sp³-hybridized carbons (Fsp3) is 0.455. The van der Waals surface area contributed by atoms with E-state index >= 15 is 0 Å². The SMILES string of the molecule is CC(C)(CNC(=O)c1cc(N)nc(Cl)c1)S(C)(=O)=O. The summed E-state index contributed by atoms with van der Waals surface area (Å²) in [5, 5.41) is 2.64. The zero-order chi connectivity index (χ0) is 14.8. The molecule has 3 N–H and O–H groups in total. The van der Waals surface area contributed by atoms with Crippen molar-refractivity contribution >= 4 is 33.2 Å². The predicted molar refractivity (Wildman–Crippen MR) is 74.9 cm³/mol. The molecule has 0 saturated heterocycles. The molecule has 1 aromatic heterocycles. The standard InChI is InChI=1S/C11H16ClN3O3S/c1-11(2,19(3,17)18)6-14-10(16)7-4-8(12)15-9(13)5-7/h4-5H,6H2,1-3H3,(H2,13,15)(H,14,16). The maximum atomic E-state index is 11.9. The average Bonchev–Trinajstić information content (AvgIpc) is 2.23. The van der Waals surface area contributed by atoms with E-state index in [-0.39, 0.29) is 23.1 Å². The quantitative estimate of drug-likeness (QED) is 0.804. The van der Waals surface area contributed by atoms with Crippen molar-refractivity contribution in [1.29, 1.82) is 0 Å². The van der Waals surface area contributed by atoms with Crippen molar-refractivity contribution < 1.29 is 13.2 Å². The first-order valence-corrected chi connectivity index (χ1v) is 7.71. The Morgan fingerprint density at radius 1 is 1.47 bits per heavy atom. The number of sulfone groups is 1. The molecule has 1 heterocycles. The number of pyridine rings is 1. The molecule has 0 aliphatic carbocycles. The van der Waals surface area contributed by atoms with Crippen LogP contribution in [0.4, 0.5) is 5.82 Å². The fourth-order valence-electron chi connectivity index (χ4n) is 1.17. The minimum Gasteiger partial charge on any atom is -0.384 e. The number of hydrogen-bond donors (Lipinski definition) is 2. The Morgan fingerprint density at radius 3 is 2.53 bits per heavy atom. The second-order valence-corrected chi connectivity index (χ2v) is 7.85. The van der Waals surface area contributed by atoms with Gasteiger partial charge in [-0.25, -0.2) is 13.4 Å². The van der Waals surface area contributed by atoms with Crippen LogP contribution >= 0.6 is 11.6 Å². The second-order valence-electron chi connectivity index (χ2n) is 4.82. The first-order valence-electron chi connectivity index (χ1n) is 5.44. The van der Waals surface area contributed by atoms with Gasteiger partial charge in [-0.1, -0.05) is 11.6 Å². The third-order valence-corrected chi connectivity index (χ3v) is 5.10. The normalized spacial score (nSPS) is 12.2. The number of carbonyl (C=O) groups is 1. The number of nitrogens with two attached hydrogens (primary N) is 1. The Balaban J connectivity index is 2.82. The van der Waals surface area contributed by atoms with Crippen molar-refractivity contribution in [3.05, 3.63) is 22.8 Å². The van der Waals surface area contributed by atoms with Crippen molar-refractivity contribution in [3.63, 3.8) is 0 Å². The van der Waals surface area contributed by atoms with Crippen LogP contribution in [0.25, 0.3) is 0 Å². The number of hydrogen-bond acceptors (Lipinski definition) is 5. The van der Waals surface area contributed by atoms with E-state index in [1.54, 1.807) is 0 Å². The van der Waals surface area contributed by atoms with Crippen molar-refractivity contribution in [1.82, 2.24) is 10.3 Å². The zero-order valence-corrected chi connectivity index (χ0v) is 12.5. The highest BCUT2D eigenvalue weighted by molar-refractivity contribution is 7.92. The Bertz CT molecular complexity index is 579. The molecule has 0 atom stereocenters. The molecule has 0 aliphatic rings. The van der Waals surface area contributed by atoms with Gasteiger partial charge in [0.25, 0.3) is 5.91 Å². The molecule has 6 nitrogen and oxygen atoms in total. The third kappa shape index (κ3) is 4.07. The van der Waals surface area contributed by atoms with Crippen molar-refractivity contribution in [3.8, 4) is 0 Å². The summed E-state index contributed by atoms with van der Waals surface area (Å²) in [7, 11) is -3.27. The summed E-state index contributed by atoms with van der Waals surface area (Å²) in [5.74, 6) is -0.326. The fourth-order valence-corrected chi connectivity index (χ4v) is 1.72. The summed E-state index contributed by atoms with van der Waals surface area (Å²) in [6.45, 7) is 3.07. The number of halogens is 1. The van der Waals surface area contributed by atoms with Crippen molar-refractivity contribution in [2.24, 2.45) is 0 Å². The van der Waals surface area contributed by atoms with Crippen LogP contribution in [0.2, 0.25) is 5.15 Å². The highest BCUT2D eigenvalue weighted by Gasteiger charge is 2.30. The van der Waals surface area contributed by atoms with Gasteiger partial charge in [0, 0.05) is 18.4 Å². The van der Waals surface area contributed by atoms with Crippen LogP contribution in [0, 0.1) is 0 Å². The van der Waals surface area contributed by atoms with Gasteiger partial charge in [-0.2, -0.15) is 0 Å². The van der Waals surface area contributed by atoms with Gasteiger partial charge < -0.3 is 11.1 Å². The average molecular weight is 306 g/mol. The smallest absolute Gasteiger partial charge is 0.251 e. The lowest BCUT2D eigenvalue weighted by Gasteiger charge is -2.22. The zero-order valence-electron chi connectivity index (χ0n) is 10.9. The number of aromatic nitrogens is 1. The molecule has 0 radical (unpaired) electrons. The summed E-state index contributed by atoms with van der Waals surface area (Å²) in [6, 6.07) is 2.73. The molecule has 0 aromatic carbocycles. The van der Waals surface area contributed by atoms with Crippen LogP contribution in [0.1, 0.15) is 24.2 Å². The summed E-state index contributed by atoms with van der Waals surface area (Å²) in [4.78, 5) is 15.6. The number of rotatable bonds is 4. The first-order chi connectivity index (χ1) is 8.53. The molecule has 8 heteroatoms. The Hall–Kier alpha value is -1.34. The minimum atomic E-state index is -3.27. The van der Waals surface area contributed by atoms with Gasteiger partial charge in [-0.15, -0.1) is 0 Å². The van der Waals surface area contributed by atoms with E-state index in [2.05, 4.69) is 10.3 Å². The van der Waals surface area contributed by atoms with Crippen LogP contribution in [0.5, 0.6) is 0 Å². The van der Waals surface area contributed by atoms with Gasteiger partial charge in [0.15, 0.2) is 9.84 Å². The molecule has 1 amide bonds. The largest absolute Gasteiger partial charge is 0.384 e. The summed E-state index contributed by atoms with van der Waals surface area (Å²) in [6.07, 6.45) is 1.13. The molecule has 106 valence electrons. The Morgan fingerprint density at radius 2 is 2.05 bits per heavy atom. The Kier molecular flexibility index (Phi) is 4.42. The number of nitrogens with zero attached hydrogens (tertiary/aromatic N) is 1. The van der Waals surface area contributed by atoms with Crippen molar-refractivity contribution in [2.45, 2.75) is 18.6 Å². The van der Waals surface area contributed by atoms with Gasteiger partial charge in [0.05, 0.1) is 4.75 Å². The highest BCUT2D eigenvalue weighted by Crippen LogP contribution is 2.15. The topological polar surface area (TPSA) is 102 Å². The number of amides is 1. The molecular weight excluding hydrogens is 290 g/mol. The maximum absolute atomic E-state index is 11.9. The lowest BCUT2D eigenvalue weighted by Crippen LogP contribution is -2.43. The van der Waals surface area contributed by atoms with E-state index < -0.39 is 20.5 Å². The molecule has 1 aromatic rings. The van der Waals surface area contributed by atoms with Crippen LogP contribution < -0.4 is 11.1 Å². The monoisotopic (exact) mass is 305 g/mol. The number of nitrogens with one attached hydrogen (secondary N) is 1. The molecule has 0 spiro atoms. The molecule has 0 fully saturated rings. The van der Waals surface area contributed by atoms with E-state index in [0.29, 0.717) is 0 Å². The minimum absolute atomic E-state index is 0.00941. The van der Waals surface area contributed by atoms with E-state index in [4.69, 9.17) is 17.3 Å². The van der Waals surface area contributed by atoms with Gasteiger partial charge >= 0.3 is 0 Å². The first kappa shape index (κ1) is 15.7. The number of carbonyl (C=O) groups excluding carboxylic acids is 1. The summed E-state index contributed by atoms with van der Waals surface area (Å²) < 4.78 is 22.0. The van der Waals surface area contributed by atoms with Gasteiger partial charge in [0.2, 0.25) is 0 Å². The van der Waals surface area contributed by atoms with E-state index in [1.807, 2.05) is 0 Å². The molecule has 0 aliphatic heterocycles. The predicted octanol–water partition coefficient (Wildman–Crippen LogP) is 0.870. The lowest BCUT2D eigenvalue weighted by atomic mass is 10.2. The molecule has 0 bridgehead atoms. The lowest BCUT2D eigenvalue weighted by molar-refractivity contribution is 0.0950. The van der Waals surface area contributed by atoms with Crippen molar-refractivity contribution in [2.75, 3.05) is 18.5 Å². The van der Waals surface area contributed by atoms with E-state index in [1.165, 1.54) is 26.0 Å². The van der Waals surface area contributed by atoms with Crippen LogP contribution in [-0.4, -0.2) is 36.9 Å². The van der Waals surface area contributed by atoms with Gasteiger partial charge in [-0.05, 0) is 26.0 Å². The third-order valence-electron chi connectivity index (χ3n) is 2.75. The van der Waals surface area contributed by atoms with Crippen LogP contribution in [0.3, 0.4) is 0 Å². The Labute approximate surface area is 117 Å². The highest BCUT2D eigenvalue weighted by atomic mass is 35.5. The summed E-state index contributed by atoms with van der Waals surface area (Å²) in [5.41, 5.74) is 5.71. The molecule has 0 saturated carbocycles. The maximum Gasteiger partial charge on any atom is 0.251 e. The van der Waals surface area contributed by atoms with Gasteiger partial charge in [0.1, 0.15) is 11.0 Å². The van der Waals surface area contributed by atoms with E-state index in [9.17, 15) is 13.2 Å². The van der Waals surface area contributed by atoms with Crippen LogP contribution in [0.15, 0.2) is 12.1 Å². The second kappa shape index (κ2) is 5.34.